The van der Waals surface area contributed by atoms with Crippen LogP contribution in [-0.4, -0.2) is 10.2 Å². The highest BCUT2D eigenvalue weighted by Crippen LogP contribution is 2.32. The summed E-state index contributed by atoms with van der Waals surface area (Å²) in [7, 11) is 0. The molecule has 0 atom stereocenters. The fraction of sp³-hybridized carbons (Fsp3) is 0.0400. The van der Waals surface area contributed by atoms with E-state index in [1.54, 1.807) is 0 Å². The van der Waals surface area contributed by atoms with Gasteiger partial charge in [0.05, 0.1) is 5.56 Å². The lowest BCUT2D eigenvalue weighted by atomic mass is 10.0. The molecule has 0 bridgehead atoms. The fourth-order valence-corrected chi connectivity index (χ4v) is 3.43. The van der Waals surface area contributed by atoms with E-state index in [2.05, 4.69) is 40.5 Å². The van der Waals surface area contributed by atoms with E-state index in [-0.39, 0.29) is 5.89 Å². The Labute approximate surface area is 175 Å². The van der Waals surface area contributed by atoms with Gasteiger partial charge >= 0.3 is 6.18 Å². The van der Waals surface area contributed by atoms with Gasteiger partial charge in [-0.25, -0.2) is 0 Å². The molecule has 0 fully saturated rings. The van der Waals surface area contributed by atoms with Crippen LogP contribution in [0.2, 0.25) is 0 Å². The number of rotatable bonds is 3. The third kappa shape index (κ3) is 3.80. The highest BCUT2D eigenvalue weighted by molar-refractivity contribution is 5.87. The average Bonchev–Trinajstić information content (AvgIpc) is 3.29. The Bertz CT molecular complexity index is 1350. The summed E-state index contributed by atoms with van der Waals surface area (Å²) >= 11 is 0. The monoisotopic (exact) mass is 416 g/mol. The second kappa shape index (κ2) is 7.40. The summed E-state index contributed by atoms with van der Waals surface area (Å²) in [5.41, 5.74) is 2.59. The first-order valence-electron chi connectivity index (χ1n) is 9.58. The van der Waals surface area contributed by atoms with E-state index in [0.29, 0.717) is 11.5 Å². The lowest BCUT2D eigenvalue weighted by Gasteiger charge is -2.06. The van der Waals surface area contributed by atoms with Crippen molar-refractivity contribution in [1.29, 1.82) is 0 Å². The smallest absolute Gasteiger partial charge is 0.416 e. The lowest BCUT2D eigenvalue weighted by molar-refractivity contribution is -0.137. The molecule has 1 aromatic heterocycles. The van der Waals surface area contributed by atoms with Gasteiger partial charge in [0.15, 0.2) is 0 Å². The molecule has 1 heterocycles. The van der Waals surface area contributed by atoms with E-state index >= 15 is 0 Å². The number of benzene rings is 4. The zero-order valence-electron chi connectivity index (χ0n) is 16.1. The van der Waals surface area contributed by atoms with E-state index < -0.39 is 11.7 Å². The van der Waals surface area contributed by atoms with Gasteiger partial charge in [-0.2, -0.15) is 13.2 Å². The Kier molecular flexibility index (Phi) is 4.55. The van der Waals surface area contributed by atoms with Crippen molar-refractivity contribution < 1.29 is 17.6 Å². The number of aromatic nitrogens is 2. The third-order valence-electron chi connectivity index (χ3n) is 5.10. The van der Waals surface area contributed by atoms with Crippen LogP contribution in [0, 0.1) is 0 Å². The van der Waals surface area contributed by atoms with Crippen LogP contribution in [0.3, 0.4) is 0 Å². The highest BCUT2D eigenvalue weighted by atomic mass is 19.4. The van der Waals surface area contributed by atoms with Gasteiger partial charge in [0.2, 0.25) is 11.8 Å². The molecule has 4 aromatic carbocycles. The number of nitrogens with zero attached hydrogens (tertiary/aromatic N) is 2. The van der Waals surface area contributed by atoms with Crippen LogP contribution < -0.4 is 0 Å². The zero-order valence-corrected chi connectivity index (χ0v) is 16.1. The molecule has 0 spiro atoms. The first kappa shape index (κ1) is 19.1. The summed E-state index contributed by atoms with van der Waals surface area (Å²) < 4.78 is 43.9. The Balaban J connectivity index is 1.39. The topological polar surface area (TPSA) is 38.9 Å². The summed E-state index contributed by atoms with van der Waals surface area (Å²) in [6.07, 6.45) is -4.38. The van der Waals surface area contributed by atoms with Gasteiger partial charge in [-0.1, -0.05) is 48.5 Å². The molecule has 0 radical (unpaired) electrons. The van der Waals surface area contributed by atoms with Gasteiger partial charge in [0.1, 0.15) is 0 Å². The second-order valence-electron chi connectivity index (χ2n) is 7.13. The summed E-state index contributed by atoms with van der Waals surface area (Å²) in [6, 6.07) is 26.8. The van der Waals surface area contributed by atoms with Gasteiger partial charge in [0, 0.05) is 11.1 Å². The van der Waals surface area contributed by atoms with E-state index in [1.165, 1.54) is 22.9 Å². The van der Waals surface area contributed by atoms with E-state index in [0.717, 1.165) is 28.8 Å². The molecule has 0 amide bonds. The third-order valence-corrected chi connectivity index (χ3v) is 5.10. The minimum Gasteiger partial charge on any atom is -0.416 e. The number of hydrogen-bond donors (Lipinski definition) is 0. The predicted octanol–water partition coefficient (Wildman–Crippen LogP) is 7.24. The van der Waals surface area contributed by atoms with Gasteiger partial charge in [0.25, 0.3) is 0 Å². The van der Waals surface area contributed by atoms with Crippen molar-refractivity contribution in [2.24, 2.45) is 0 Å². The van der Waals surface area contributed by atoms with Crippen molar-refractivity contribution in [2.75, 3.05) is 0 Å². The van der Waals surface area contributed by atoms with Crippen LogP contribution in [0.15, 0.2) is 95.4 Å². The van der Waals surface area contributed by atoms with Crippen LogP contribution >= 0.6 is 0 Å². The highest BCUT2D eigenvalue weighted by Gasteiger charge is 2.30. The Morgan fingerprint density at radius 3 is 1.68 bits per heavy atom. The van der Waals surface area contributed by atoms with Gasteiger partial charge in [-0.3, -0.25) is 0 Å². The number of alkyl halides is 3. The molecule has 6 heteroatoms. The Morgan fingerprint density at radius 2 is 1.06 bits per heavy atom. The van der Waals surface area contributed by atoms with Crippen molar-refractivity contribution in [1.82, 2.24) is 10.2 Å². The maximum atomic E-state index is 12.7. The van der Waals surface area contributed by atoms with Gasteiger partial charge in [-0.05, 0) is 64.4 Å². The summed E-state index contributed by atoms with van der Waals surface area (Å²) in [5, 5.41) is 10.4. The number of hydrogen-bond acceptors (Lipinski definition) is 3. The molecule has 0 saturated heterocycles. The molecule has 0 aliphatic rings. The van der Waals surface area contributed by atoms with Gasteiger partial charge < -0.3 is 4.42 Å². The molecule has 0 N–H and O–H groups in total. The molecule has 0 saturated carbocycles. The minimum atomic E-state index is -4.38. The predicted molar refractivity (Wildman–Crippen MR) is 113 cm³/mol. The van der Waals surface area contributed by atoms with Crippen molar-refractivity contribution in [2.45, 2.75) is 6.18 Å². The van der Waals surface area contributed by atoms with Crippen molar-refractivity contribution in [3.05, 3.63) is 96.6 Å². The normalized spacial score (nSPS) is 11.7. The van der Waals surface area contributed by atoms with E-state index in [9.17, 15) is 13.2 Å². The average molecular weight is 416 g/mol. The minimum absolute atomic E-state index is 0.169. The standard InChI is InChI=1S/C25H15F3N2O/c26-25(27,28)22-13-11-19(12-14-22)24-30-29-23(31-24)18-8-5-17(6-9-18)21-10-7-16-3-1-2-4-20(16)15-21/h1-15H. The van der Waals surface area contributed by atoms with E-state index in [4.69, 9.17) is 4.42 Å². The quantitative estimate of drug-likeness (QED) is 0.311. The molecule has 152 valence electrons. The van der Waals surface area contributed by atoms with Crippen LogP contribution in [0.5, 0.6) is 0 Å². The number of fused-ring (bicyclic) bond motifs is 1. The molecule has 3 nitrogen and oxygen atoms in total. The molecule has 31 heavy (non-hydrogen) atoms. The number of halogens is 3. The Hall–Kier alpha value is -3.93. The summed E-state index contributed by atoms with van der Waals surface area (Å²) in [6.45, 7) is 0. The summed E-state index contributed by atoms with van der Waals surface area (Å²) in [4.78, 5) is 0. The van der Waals surface area contributed by atoms with Crippen LogP contribution in [0.25, 0.3) is 44.8 Å². The zero-order chi connectivity index (χ0) is 21.4. The van der Waals surface area contributed by atoms with Crippen LogP contribution in [0.1, 0.15) is 5.56 Å². The first-order valence-corrected chi connectivity index (χ1v) is 9.58. The fourth-order valence-electron chi connectivity index (χ4n) is 3.43. The van der Waals surface area contributed by atoms with Crippen molar-refractivity contribution >= 4 is 10.8 Å². The molecular weight excluding hydrogens is 401 g/mol. The van der Waals surface area contributed by atoms with Crippen molar-refractivity contribution in [3.63, 3.8) is 0 Å². The largest absolute Gasteiger partial charge is 0.416 e. The molecule has 0 unspecified atom stereocenters. The molecule has 5 rings (SSSR count). The lowest BCUT2D eigenvalue weighted by Crippen LogP contribution is -2.03. The maximum Gasteiger partial charge on any atom is 0.416 e. The second-order valence-corrected chi connectivity index (χ2v) is 7.13. The Morgan fingerprint density at radius 1 is 0.548 bits per heavy atom. The van der Waals surface area contributed by atoms with E-state index in [1.807, 2.05) is 36.4 Å². The molecule has 5 aromatic rings. The van der Waals surface area contributed by atoms with Gasteiger partial charge in [-0.15, -0.1) is 10.2 Å². The molecule has 0 aliphatic heterocycles. The van der Waals surface area contributed by atoms with Crippen molar-refractivity contribution in [3.8, 4) is 34.0 Å². The van der Waals surface area contributed by atoms with Crippen LogP contribution in [0.4, 0.5) is 13.2 Å². The first-order chi connectivity index (χ1) is 15.0. The summed E-state index contributed by atoms with van der Waals surface area (Å²) in [5.74, 6) is 0.474. The maximum absolute atomic E-state index is 12.7. The molecule has 0 aliphatic carbocycles. The van der Waals surface area contributed by atoms with Crippen LogP contribution in [-0.2, 0) is 6.18 Å². The SMILES string of the molecule is FC(F)(F)c1ccc(-c2nnc(-c3ccc(-c4ccc5ccccc5c4)cc3)o2)cc1. The molecular formula is C25H15F3N2O.